The molecule has 0 spiro atoms. The van der Waals surface area contributed by atoms with Crippen molar-refractivity contribution in [2.75, 3.05) is 26.3 Å². The summed E-state index contributed by atoms with van der Waals surface area (Å²) in [7, 11) is 0. The Hall–Kier alpha value is -1.59. The molecule has 5 nitrogen and oxygen atoms in total. The van der Waals surface area contributed by atoms with Crippen LogP contribution in [0.2, 0.25) is 0 Å². The molecule has 1 atom stereocenters. The maximum absolute atomic E-state index is 11.1. The molecule has 0 radical (unpaired) electrons. The highest BCUT2D eigenvalue weighted by molar-refractivity contribution is 5.90. The molecule has 0 aromatic heterocycles. The number of hydrogen-bond acceptors (Lipinski definition) is 4. The Kier molecular flexibility index (Phi) is 6.02. The van der Waals surface area contributed by atoms with Crippen LogP contribution in [0.3, 0.4) is 0 Å². The van der Waals surface area contributed by atoms with Crippen LogP contribution >= 0.6 is 0 Å². The standard InChI is InChI=1S/C16H23NO4/c18-12-13-6-2-1-5-9-17(13)10-11-21-15-8-4-3-7-14(15)16(19)20/h3-4,7-8,13,18H,1-2,5-6,9-12H2,(H,19,20). The van der Waals surface area contributed by atoms with E-state index in [4.69, 9.17) is 9.84 Å². The molecular formula is C16H23NO4. The van der Waals surface area contributed by atoms with Crippen molar-refractivity contribution in [1.29, 1.82) is 0 Å². The van der Waals surface area contributed by atoms with Crippen LogP contribution in [0.1, 0.15) is 36.0 Å². The number of hydrogen-bond donors (Lipinski definition) is 2. The zero-order valence-electron chi connectivity index (χ0n) is 12.2. The fourth-order valence-electron chi connectivity index (χ4n) is 2.78. The summed E-state index contributed by atoms with van der Waals surface area (Å²) in [6.07, 6.45) is 4.52. The summed E-state index contributed by atoms with van der Waals surface area (Å²) in [6, 6.07) is 6.87. The third-order valence-corrected chi connectivity index (χ3v) is 3.96. The number of nitrogens with zero attached hydrogens (tertiary/aromatic N) is 1. The third-order valence-electron chi connectivity index (χ3n) is 3.96. The summed E-state index contributed by atoms with van der Waals surface area (Å²) in [5.74, 6) is -0.575. The molecule has 2 N–H and O–H groups in total. The molecule has 1 unspecified atom stereocenters. The number of carbonyl (C=O) groups is 1. The minimum absolute atomic E-state index is 0.172. The number of aromatic carboxylic acids is 1. The lowest BCUT2D eigenvalue weighted by Gasteiger charge is -2.28. The van der Waals surface area contributed by atoms with Gasteiger partial charge in [-0.3, -0.25) is 4.90 Å². The first-order chi connectivity index (χ1) is 10.2. The topological polar surface area (TPSA) is 70.0 Å². The van der Waals surface area contributed by atoms with E-state index in [0.717, 1.165) is 25.8 Å². The van der Waals surface area contributed by atoms with E-state index >= 15 is 0 Å². The number of aliphatic hydroxyl groups is 1. The molecule has 5 heteroatoms. The lowest BCUT2D eigenvalue weighted by Crippen LogP contribution is -2.40. The molecule has 0 amide bonds. The molecular weight excluding hydrogens is 270 g/mol. The van der Waals surface area contributed by atoms with Crippen LogP contribution in [-0.4, -0.2) is 53.4 Å². The highest BCUT2D eigenvalue weighted by Gasteiger charge is 2.20. The SMILES string of the molecule is O=C(O)c1ccccc1OCCN1CCCCCC1CO. The van der Waals surface area contributed by atoms with Crippen LogP contribution in [-0.2, 0) is 0 Å². The van der Waals surface area contributed by atoms with Crippen LogP contribution < -0.4 is 4.74 Å². The first-order valence-electron chi connectivity index (χ1n) is 7.52. The van der Waals surface area contributed by atoms with Gasteiger partial charge in [0.1, 0.15) is 17.9 Å². The number of rotatable bonds is 6. The van der Waals surface area contributed by atoms with Crippen molar-refractivity contribution in [1.82, 2.24) is 4.90 Å². The summed E-state index contributed by atoms with van der Waals surface area (Å²) in [4.78, 5) is 13.4. The van der Waals surface area contributed by atoms with Crippen molar-refractivity contribution < 1.29 is 19.7 Å². The highest BCUT2D eigenvalue weighted by Crippen LogP contribution is 2.19. The van der Waals surface area contributed by atoms with Gasteiger partial charge in [0.15, 0.2) is 0 Å². The van der Waals surface area contributed by atoms with Gasteiger partial charge in [0.25, 0.3) is 0 Å². The molecule has 0 aliphatic carbocycles. The first-order valence-corrected chi connectivity index (χ1v) is 7.52. The lowest BCUT2D eigenvalue weighted by molar-refractivity contribution is 0.0690. The molecule has 1 aromatic rings. The summed E-state index contributed by atoms with van der Waals surface area (Å²) >= 11 is 0. The molecule has 1 aliphatic heterocycles. The van der Waals surface area contributed by atoms with Gasteiger partial charge >= 0.3 is 5.97 Å². The molecule has 2 rings (SSSR count). The average molecular weight is 293 g/mol. The van der Waals surface area contributed by atoms with Gasteiger partial charge in [-0.2, -0.15) is 0 Å². The van der Waals surface area contributed by atoms with E-state index in [9.17, 15) is 9.90 Å². The van der Waals surface area contributed by atoms with Gasteiger partial charge in [-0.1, -0.05) is 25.0 Å². The van der Waals surface area contributed by atoms with Crippen molar-refractivity contribution in [2.24, 2.45) is 0 Å². The molecule has 21 heavy (non-hydrogen) atoms. The molecule has 1 fully saturated rings. The Balaban J connectivity index is 1.90. The van der Waals surface area contributed by atoms with Gasteiger partial charge in [0.2, 0.25) is 0 Å². The predicted octanol–water partition coefficient (Wildman–Crippen LogP) is 2.00. The van der Waals surface area contributed by atoms with Crippen LogP contribution in [0, 0.1) is 0 Å². The number of para-hydroxylation sites is 1. The molecule has 0 bridgehead atoms. The molecule has 1 heterocycles. The number of aliphatic hydroxyl groups excluding tert-OH is 1. The van der Waals surface area contributed by atoms with E-state index in [1.807, 2.05) is 0 Å². The summed E-state index contributed by atoms with van der Waals surface area (Å²) < 4.78 is 5.63. The maximum atomic E-state index is 11.1. The van der Waals surface area contributed by atoms with Gasteiger partial charge < -0.3 is 14.9 Å². The number of ether oxygens (including phenoxy) is 1. The van der Waals surface area contributed by atoms with Gasteiger partial charge in [-0.05, 0) is 31.5 Å². The van der Waals surface area contributed by atoms with E-state index in [1.165, 1.54) is 6.42 Å². The fourth-order valence-corrected chi connectivity index (χ4v) is 2.78. The molecule has 1 aromatic carbocycles. The summed E-state index contributed by atoms with van der Waals surface area (Å²) in [6.45, 7) is 2.28. The Morgan fingerprint density at radius 2 is 2.10 bits per heavy atom. The monoisotopic (exact) mass is 293 g/mol. The summed E-state index contributed by atoms with van der Waals surface area (Å²) in [5, 5.41) is 18.6. The van der Waals surface area contributed by atoms with Gasteiger partial charge in [0.05, 0.1) is 6.61 Å². The summed E-state index contributed by atoms with van der Waals surface area (Å²) in [5.41, 5.74) is 0.187. The van der Waals surface area contributed by atoms with E-state index in [1.54, 1.807) is 24.3 Å². The van der Waals surface area contributed by atoms with Gasteiger partial charge in [0, 0.05) is 12.6 Å². The quantitative estimate of drug-likeness (QED) is 0.839. The van der Waals surface area contributed by atoms with Crippen LogP contribution in [0.25, 0.3) is 0 Å². The van der Waals surface area contributed by atoms with Crippen molar-refractivity contribution in [2.45, 2.75) is 31.7 Å². The van der Waals surface area contributed by atoms with Crippen molar-refractivity contribution in [3.05, 3.63) is 29.8 Å². The smallest absolute Gasteiger partial charge is 0.339 e. The highest BCUT2D eigenvalue weighted by atomic mass is 16.5. The predicted molar refractivity (Wildman–Crippen MR) is 79.8 cm³/mol. The largest absolute Gasteiger partial charge is 0.491 e. The van der Waals surface area contributed by atoms with E-state index < -0.39 is 5.97 Å². The second-order valence-electron chi connectivity index (χ2n) is 5.37. The van der Waals surface area contributed by atoms with Gasteiger partial charge in [-0.25, -0.2) is 4.79 Å². The zero-order chi connectivity index (χ0) is 15.1. The van der Waals surface area contributed by atoms with E-state index in [-0.39, 0.29) is 18.2 Å². The Morgan fingerprint density at radius 3 is 2.86 bits per heavy atom. The van der Waals surface area contributed by atoms with E-state index in [2.05, 4.69) is 4.90 Å². The normalized spacial score (nSPS) is 20.0. The van der Waals surface area contributed by atoms with Crippen molar-refractivity contribution in [3.63, 3.8) is 0 Å². The van der Waals surface area contributed by atoms with Gasteiger partial charge in [-0.15, -0.1) is 0 Å². The number of carboxylic acids is 1. The Bertz CT molecular complexity index is 463. The van der Waals surface area contributed by atoms with Crippen LogP contribution in [0.5, 0.6) is 5.75 Å². The van der Waals surface area contributed by atoms with E-state index in [0.29, 0.717) is 18.9 Å². The Morgan fingerprint density at radius 1 is 1.29 bits per heavy atom. The lowest BCUT2D eigenvalue weighted by atomic mass is 10.1. The second kappa shape index (κ2) is 8.00. The van der Waals surface area contributed by atoms with Crippen molar-refractivity contribution in [3.8, 4) is 5.75 Å². The first kappa shape index (κ1) is 15.8. The van der Waals surface area contributed by atoms with Crippen LogP contribution in [0.4, 0.5) is 0 Å². The zero-order valence-corrected chi connectivity index (χ0v) is 12.2. The molecule has 0 saturated carbocycles. The maximum Gasteiger partial charge on any atom is 0.339 e. The minimum Gasteiger partial charge on any atom is -0.491 e. The van der Waals surface area contributed by atoms with Crippen LogP contribution in [0.15, 0.2) is 24.3 Å². The van der Waals surface area contributed by atoms with Crippen molar-refractivity contribution >= 4 is 5.97 Å². The molecule has 1 aliphatic rings. The average Bonchev–Trinajstić information content (AvgIpc) is 2.72. The molecule has 1 saturated heterocycles. The fraction of sp³-hybridized carbons (Fsp3) is 0.562. The minimum atomic E-state index is -0.978. The second-order valence-corrected chi connectivity index (χ2v) is 5.37. The number of carboxylic acid groups (broad SMARTS) is 1. The number of benzene rings is 1. The molecule has 116 valence electrons. The third kappa shape index (κ3) is 4.44. The Labute approximate surface area is 125 Å². The number of likely N-dealkylation sites (tertiary alicyclic amines) is 1.